The van der Waals surface area contributed by atoms with Crippen molar-refractivity contribution in [1.29, 1.82) is 0 Å². The van der Waals surface area contributed by atoms with Crippen LogP contribution < -0.4 is 4.90 Å². The topological polar surface area (TPSA) is 57.7 Å². The van der Waals surface area contributed by atoms with Crippen molar-refractivity contribution < 1.29 is 22.0 Å². The van der Waals surface area contributed by atoms with Gasteiger partial charge in [-0.3, -0.25) is 4.79 Å². The molecule has 0 saturated carbocycles. The van der Waals surface area contributed by atoms with Gasteiger partial charge in [-0.15, -0.1) is 0 Å². The van der Waals surface area contributed by atoms with E-state index >= 15 is 0 Å². The standard InChI is InChI=1S/C18H24F2N2O3S/c1-26(24,25)16-6-4-15(5-7-16)22-10-2-3-14(13-22)17(23)21-11-8-18(19,20)9-12-21/h4-7,14H,2-3,8-13H2,1H3. The van der Waals surface area contributed by atoms with Crippen LogP contribution in [0, 0.1) is 5.92 Å². The molecule has 1 aromatic rings. The molecule has 144 valence electrons. The van der Waals surface area contributed by atoms with Crippen molar-refractivity contribution in [3.05, 3.63) is 24.3 Å². The minimum Gasteiger partial charge on any atom is -0.371 e. The minimum atomic E-state index is -3.24. The van der Waals surface area contributed by atoms with E-state index in [0.717, 1.165) is 25.1 Å². The monoisotopic (exact) mass is 386 g/mol. The van der Waals surface area contributed by atoms with Gasteiger partial charge in [-0.25, -0.2) is 17.2 Å². The van der Waals surface area contributed by atoms with E-state index in [1.54, 1.807) is 29.2 Å². The van der Waals surface area contributed by atoms with Crippen molar-refractivity contribution in [2.45, 2.75) is 36.5 Å². The number of hydrogen-bond acceptors (Lipinski definition) is 4. The van der Waals surface area contributed by atoms with Gasteiger partial charge in [0.2, 0.25) is 5.91 Å². The van der Waals surface area contributed by atoms with Crippen LogP contribution in [-0.2, 0) is 14.6 Å². The number of piperidine rings is 2. The Morgan fingerprint density at radius 3 is 2.31 bits per heavy atom. The van der Waals surface area contributed by atoms with E-state index in [0.29, 0.717) is 6.54 Å². The Balaban J connectivity index is 1.65. The van der Waals surface area contributed by atoms with Gasteiger partial charge in [-0.1, -0.05) is 0 Å². The Hall–Kier alpha value is -1.70. The SMILES string of the molecule is CS(=O)(=O)c1ccc(N2CCCC(C(=O)N3CCC(F)(F)CC3)C2)cc1. The van der Waals surface area contributed by atoms with Crippen LogP contribution in [-0.4, -0.2) is 57.6 Å². The summed E-state index contributed by atoms with van der Waals surface area (Å²) < 4.78 is 49.7. The number of anilines is 1. The largest absolute Gasteiger partial charge is 0.371 e. The first kappa shape index (κ1) is 19.1. The van der Waals surface area contributed by atoms with Crippen molar-refractivity contribution >= 4 is 21.4 Å². The smallest absolute Gasteiger partial charge is 0.251 e. The molecule has 26 heavy (non-hydrogen) atoms. The lowest BCUT2D eigenvalue weighted by Gasteiger charge is -2.38. The number of carbonyl (C=O) groups excluding carboxylic acids is 1. The Morgan fingerprint density at radius 2 is 1.73 bits per heavy atom. The number of carbonyl (C=O) groups is 1. The second kappa shape index (κ2) is 7.13. The van der Waals surface area contributed by atoms with Crippen molar-refractivity contribution in [1.82, 2.24) is 4.90 Å². The van der Waals surface area contributed by atoms with Crippen molar-refractivity contribution in [3.8, 4) is 0 Å². The summed E-state index contributed by atoms with van der Waals surface area (Å²) in [5.41, 5.74) is 0.875. The Kier molecular flexibility index (Phi) is 5.23. The van der Waals surface area contributed by atoms with E-state index in [9.17, 15) is 22.0 Å². The van der Waals surface area contributed by atoms with Gasteiger partial charge in [0.15, 0.2) is 9.84 Å². The zero-order valence-corrected chi connectivity index (χ0v) is 15.6. The van der Waals surface area contributed by atoms with Crippen LogP contribution in [0.2, 0.25) is 0 Å². The van der Waals surface area contributed by atoms with Crippen LogP contribution in [0.25, 0.3) is 0 Å². The molecule has 2 fully saturated rings. The van der Waals surface area contributed by atoms with E-state index in [1.165, 1.54) is 6.26 Å². The lowest BCUT2D eigenvalue weighted by Crippen LogP contribution is -2.49. The van der Waals surface area contributed by atoms with Crippen LogP contribution in [0.15, 0.2) is 29.2 Å². The molecule has 3 rings (SSSR count). The van der Waals surface area contributed by atoms with Gasteiger partial charge in [0.1, 0.15) is 0 Å². The normalized spacial score (nSPS) is 23.7. The predicted octanol–water partition coefficient (Wildman–Crippen LogP) is 2.56. The quantitative estimate of drug-likeness (QED) is 0.801. The molecule has 2 heterocycles. The van der Waals surface area contributed by atoms with E-state index < -0.39 is 15.8 Å². The molecule has 0 N–H and O–H groups in total. The summed E-state index contributed by atoms with van der Waals surface area (Å²) in [7, 11) is -3.24. The molecule has 0 radical (unpaired) electrons. The second-order valence-electron chi connectivity index (χ2n) is 7.23. The zero-order valence-electron chi connectivity index (χ0n) is 14.8. The summed E-state index contributed by atoms with van der Waals surface area (Å²) in [6.07, 6.45) is 2.24. The summed E-state index contributed by atoms with van der Waals surface area (Å²) in [4.78, 5) is 16.6. The van der Waals surface area contributed by atoms with Gasteiger partial charge in [-0.05, 0) is 37.1 Å². The maximum absolute atomic E-state index is 13.3. The molecule has 1 amide bonds. The lowest BCUT2D eigenvalue weighted by atomic mass is 9.94. The highest BCUT2D eigenvalue weighted by Gasteiger charge is 2.38. The third-order valence-electron chi connectivity index (χ3n) is 5.21. The maximum atomic E-state index is 13.3. The average molecular weight is 386 g/mol. The number of rotatable bonds is 3. The summed E-state index contributed by atoms with van der Waals surface area (Å²) >= 11 is 0. The molecule has 0 bridgehead atoms. The fourth-order valence-electron chi connectivity index (χ4n) is 3.63. The van der Waals surface area contributed by atoms with Gasteiger partial charge >= 0.3 is 0 Å². The number of hydrogen-bond donors (Lipinski definition) is 0. The number of halogens is 2. The number of alkyl halides is 2. The molecule has 5 nitrogen and oxygen atoms in total. The molecule has 8 heteroatoms. The van der Waals surface area contributed by atoms with E-state index in [2.05, 4.69) is 4.90 Å². The Morgan fingerprint density at radius 1 is 1.12 bits per heavy atom. The summed E-state index contributed by atoms with van der Waals surface area (Å²) in [5.74, 6) is -2.90. The third kappa shape index (κ3) is 4.34. The number of likely N-dealkylation sites (tertiary alicyclic amines) is 1. The highest BCUT2D eigenvalue weighted by Crippen LogP contribution is 2.30. The van der Waals surface area contributed by atoms with E-state index in [1.807, 2.05) is 0 Å². The number of benzene rings is 1. The minimum absolute atomic E-state index is 0.0436. The van der Waals surface area contributed by atoms with Crippen molar-refractivity contribution in [2.75, 3.05) is 37.3 Å². The molecular weight excluding hydrogens is 362 g/mol. The van der Waals surface area contributed by atoms with Crippen LogP contribution in [0.1, 0.15) is 25.7 Å². The van der Waals surface area contributed by atoms with Gasteiger partial charge in [0.05, 0.1) is 10.8 Å². The van der Waals surface area contributed by atoms with E-state index in [-0.39, 0.29) is 42.7 Å². The molecular formula is C18H24F2N2O3S. The van der Waals surface area contributed by atoms with Crippen LogP contribution in [0.3, 0.4) is 0 Å². The fraction of sp³-hybridized carbons (Fsp3) is 0.611. The first-order valence-electron chi connectivity index (χ1n) is 8.87. The van der Waals surface area contributed by atoms with Gasteiger partial charge in [-0.2, -0.15) is 0 Å². The molecule has 0 aliphatic carbocycles. The van der Waals surface area contributed by atoms with Gasteiger partial charge < -0.3 is 9.80 Å². The fourth-order valence-corrected chi connectivity index (χ4v) is 4.26. The van der Waals surface area contributed by atoms with Crippen LogP contribution in [0.4, 0.5) is 14.5 Å². The van der Waals surface area contributed by atoms with Crippen molar-refractivity contribution in [2.24, 2.45) is 5.92 Å². The molecule has 2 saturated heterocycles. The molecule has 1 aromatic carbocycles. The molecule has 1 unspecified atom stereocenters. The maximum Gasteiger partial charge on any atom is 0.251 e. The molecule has 2 aliphatic heterocycles. The van der Waals surface area contributed by atoms with Crippen LogP contribution in [0.5, 0.6) is 0 Å². The van der Waals surface area contributed by atoms with E-state index in [4.69, 9.17) is 0 Å². The Labute approximate surface area is 152 Å². The first-order valence-corrected chi connectivity index (χ1v) is 10.8. The van der Waals surface area contributed by atoms with Gasteiger partial charge in [0, 0.05) is 51.0 Å². The highest BCUT2D eigenvalue weighted by molar-refractivity contribution is 7.90. The second-order valence-corrected chi connectivity index (χ2v) is 9.25. The number of nitrogens with zero attached hydrogens (tertiary/aromatic N) is 2. The molecule has 0 aromatic heterocycles. The summed E-state index contributed by atoms with van der Waals surface area (Å²) in [6.45, 7) is 1.56. The lowest BCUT2D eigenvalue weighted by molar-refractivity contribution is -0.141. The first-order chi connectivity index (χ1) is 12.2. The molecule has 1 atom stereocenters. The predicted molar refractivity (Wildman–Crippen MR) is 95.2 cm³/mol. The molecule has 2 aliphatic rings. The number of amides is 1. The summed E-state index contributed by atoms with van der Waals surface area (Å²) in [6, 6.07) is 6.65. The third-order valence-corrected chi connectivity index (χ3v) is 6.34. The molecule has 0 spiro atoms. The van der Waals surface area contributed by atoms with Crippen molar-refractivity contribution in [3.63, 3.8) is 0 Å². The average Bonchev–Trinajstić information content (AvgIpc) is 2.61. The van der Waals surface area contributed by atoms with Gasteiger partial charge in [0.25, 0.3) is 5.92 Å². The number of sulfone groups is 1. The highest BCUT2D eigenvalue weighted by atomic mass is 32.2. The zero-order chi connectivity index (χ0) is 18.9. The Bertz CT molecular complexity index is 755. The van der Waals surface area contributed by atoms with Crippen LogP contribution >= 0.6 is 0 Å². The summed E-state index contributed by atoms with van der Waals surface area (Å²) in [5, 5.41) is 0.